The molecule has 1 aliphatic heterocycles. The Morgan fingerprint density at radius 3 is 2.56 bits per heavy atom. The van der Waals surface area contributed by atoms with E-state index >= 15 is 0 Å². The Balaban J connectivity index is 1.70. The van der Waals surface area contributed by atoms with E-state index < -0.39 is 0 Å². The van der Waals surface area contributed by atoms with E-state index in [0.717, 1.165) is 17.9 Å². The number of piperidine rings is 1. The van der Waals surface area contributed by atoms with Gasteiger partial charge in [0.05, 0.1) is 0 Å². The first-order chi connectivity index (χ1) is 8.81. The molecule has 0 aromatic rings. The largest absolute Gasteiger partial charge is 0.316 e. The molecule has 18 heavy (non-hydrogen) atoms. The highest BCUT2D eigenvalue weighted by atomic mass is 15.1. The third-order valence-corrected chi connectivity index (χ3v) is 5.26. The molecule has 0 spiro atoms. The third-order valence-electron chi connectivity index (χ3n) is 5.26. The van der Waals surface area contributed by atoms with Crippen molar-refractivity contribution < 1.29 is 0 Å². The maximum Gasteiger partial charge on any atom is 0.00951 e. The highest BCUT2D eigenvalue weighted by Gasteiger charge is 2.24. The summed E-state index contributed by atoms with van der Waals surface area (Å²) in [5, 5.41) is 3.56. The van der Waals surface area contributed by atoms with Gasteiger partial charge in [-0.3, -0.25) is 0 Å². The number of hydrogen-bond donors (Lipinski definition) is 1. The van der Waals surface area contributed by atoms with Gasteiger partial charge < -0.3 is 10.2 Å². The molecule has 1 N–H and O–H groups in total. The zero-order chi connectivity index (χ0) is 12.8. The first kappa shape index (κ1) is 14.3. The Labute approximate surface area is 114 Å². The van der Waals surface area contributed by atoms with Gasteiger partial charge in [-0.25, -0.2) is 0 Å². The molecule has 2 heteroatoms. The zero-order valence-electron chi connectivity index (χ0n) is 12.5. The van der Waals surface area contributed by atoms with Crippen LogP contribution in [0, 0.1) is 11.8 Å². The summed E-state index contributed by atoms with van der Waals surface area (Å²) in [6.45, 7) is 9.90. The maximum absolute atomic E-state index is 3.56. The lowest BCUT2D eigenvalue weighted by molar-refractivity contribution is 0.175. The van der Waals surface area contributed by atoms with Crippen molar-refractivity contribution in [3.05, 3.63) is 0 Å². The molecule has 2 aliphatic rings. The van der Waals surface area contributed by atoms with Crippen LogP contribution in [0.5, 0.6) is 0 Å². The summed E-state index contributed by atoms with van der Waals surface area (Å²) in [6, 6.07) is 0.909. The quantitative estimate of drug-likeness (QED) is 0.780. The predicted octanol–water partition coefficient (Wildman–Crippen LogP) is 3.28. The van der Waals surface area contributed by atoms with Gasteiger partial charge in [0.1, 0.15) is 0 Å². The smallest absolute Gasteiger partial charge is 0.00951 e. The van der Waals surface area contributed by atoms with Crippen molar-refractivity contribution in [1.29, 1.82) is 0 Å². The van der Waals surface area contributed by atoms with E-state index in [2.05, 4.69) is 24.1 Å². The molecule has 1 saturated heterocycles. The summed E-state index contributed by atoms with van der Waals surface area (Å²) in [4.78, 5) is 2.75. The van der Waals surface area contributed by atoms with Gasteiger partial charge in [-0.1, -0.05) is 26.7 Å². The average Bonchev–Trinajstić information content (AvgIpc) is 2.94. The minimum absolute atomic E-state index is 0.897. The Morgan fingerprint density at radius 1 is 1.17 bits per heavy atom. The Hall–Kier alpha value is -0.0800. The van der Waals surface area contributed by atoms with E-state index in [1.54, 1.807) is 0 Å². The van der Waals surface area contributed by atoms with Crippen molar-refractivity contribution in [3.8, 4) is 0 Å². The maximum atomic E-state index is 3.56. The van der Waals surface area contributed by atoms with Crippen LogP contribution in [0.15, 0.2) is 0 Å². The predicted molar refractivity (Wildman–Crippen MR) is 78.9 cm³/mol. The first-order valence-corrected chi connectivity index (χ1v) is 8.26. The molecule has 0 bridgehead atoms. The summed E-state index contributed by atoms with van der Waals surface area (Å²) < 4.78 is 0. The fourth-order valence-corrected chi connectivity index (χ4v) is 3.84. The van der Waals surface area contributed by atoms with Gasteiger partial charge in [0.2, 0.25) is 0 Å². The lowest BCUT2D eigenvalue weighted by Gasteiger charge is -2.32. The minimum Gasteiger partial charge on any atom is -0.316 e. The fourth-order valence-electron chi connectivity index (χ4n) is 3.84. The summed E-state index contributed by atoms with van der Waals surface area (Å²) in [5.74, 6) is 1.83. The van der Waals surface area contributed by atoms with Crippen LogP contribution in [0.4, 0.5) is 0 Å². The Kier molecular flexibility index (Phi) is 5.97. The lowest BCUT2D eigenvalue weighted by atomic mass is 9.85. The standard InChI is InChI=1S/C16H32N2/c1-3-18(16-8-4-5-9-16)12-10-14(2)15-7-6-11-17-13-15/h14-17H,3-13H2,1-2H3. The topological polar surface area (TPSA) is 15.3 Å². The van der Waals surface area contributed by atoms with E-state index in [4.69, 9.17) is 0 Å². The molecule has 106 valence electrons. The molecule has 0 amide bonds. The number of rotatable bonds is 6. The van der Waals surface area contributed by atoms with Crippen molar-refractivity contribution in [2.24, 2.45) is 11.8 Å². The molecule has 1 heterocycles. The van der Waals surface area contributed by atoms with Gasteiger partial charge in [-0.2, -0.15) is 0 Å². The van der Waals surface area contributed by atoms with Crippen molar-refractivity contribution in [2.45, 2.75) is 64.8 Å². The molecule has 1 aliphatic carbocycles. The van der Waals surface area contributed by atoms with Crippen molar-refractivity contribution in [1.82, 2.24) is 10.2 Å². The van der Waals surface area contributed by atoms with Crippen molar-refractivity contribution in [2.75, 3.05) is 26.2 Å². The van der Waals surface area contributed by atoms with E-state index in [1.807, 2.05) is 0 Å². The van der Waals surface area contributed by atoms with Crippen molar-refractivity contribution >= 4 is 0 Å². The number of nitrogens with one attached hydrogen (secondary N) is 1. The fraction of sp³-hybridized carbons (Fsp3) is 1.00. The van der Waals surface area contributed by atoms with Crippen LogP contribution in [0.1, 0.15) is 58.8 Å². The SMILES string of the molecule is CCN(CCC(C)C1CCCNC1)C1CCCC1. The van der Waals surface area contributed by atoms with Gasteiger partial charge in [0, 0.05) is 6.04 Å². The van der Waals surface area contributed by atoms with Gasteiger partial charge >= 0.3 is 0 Å². The summed E-state index contributed by atoms with van der Waals surface area (Å²) in [7, 11) is 0. The zero-order valence-corrected chi connectivity index (χ0v) is 12.5. The number of hydrogen-bond acceptors (Lipinski definition) is 2. The first-order valence-electron chi connectivity index (χ1n) is 8.26. The molecule has 2 atom stereocenters. The number of nitrogens with zero attached hydrogens (tertiary/aromatic N) is 1. The molecule has 0 aromatic carbocycles. The van der Waals surface area contributed by atoms with Crippen LogP contribution in [0.2, 0.25) is 0 Å². The second-order valence-corrected chi connectivity index (χ2v) is 6.44. The molecule has 2 fully saturated rings. The summed E-state index contributed by atoms with van der Waals surface area (Å²) in [6.07, 6.45) is 10.1. The molecule has 2 nitrogen and oxygen atoms in total. The molecular weight excluding hydrogens is 220 g/mol. The summed E-state index contributed by atoms with van der Waals surface area (Å²) >= 11 is 0. The summed E-state index contributed by atoms with van der Waals surface area (Å²) in [5.41, 5.74) is 0. The molecule has 2 rings (SSSR count). The highest BCUT2D eigenvalue weighted by molar-refractivity contribution is 4.79. The minimum atomic E-state index is 0.897. The molecule has 1 saturated carbocycles. The van der Waals surface area contributed by atoms with Gasteiger partial charge in [0.25, 0.3) is 0 Å². The second kappa shape index (κ2) is 7.49. The molecule has 0 aromatic heterocycles. The monoisotopic (exact) mass is 252 g/mol. The normalized spacial score (nSPS) is 27.8. The van der Waals surface area contributed by atoms with E-state index in [0.29, 0.717) is 0 Å². The van der Waals surface area contributed by atoms with Gasteiger partial charge in [-0.15, -0.1) is 0 Å². The van der Waals surface area contributed by atoms with Crippen LogP contribution >= 0.6 is 0 Å². The van der Waals surface area contributed by atoms with Crippen LogP contribution in [0.3, 0.4) is 0 Å². The Morgan fingerprint density at radius 2 is 1.94 bits per heavy atom. The average molecular weight is 252 g/mol. The second-order valence-electron chi connectivity index (χ2n) is 6.44. The Bertz CT molecular complexity index is 217. The molecule has 2 unspecified atom stereocenters. The van der Waals surface area contributed by atoms with Crippen LogP contribution < -0.4 is 5.32 Å². The van der Waals surface area contributed by atoms with Crippen LogP contribution in [-0.2, 0) is 0 Å². The van der Waals surface area contributed by atoms with E-state index in [-0.39, 0.29) is 0 Å². The van der Waals surface area contributed by atoms with Gasteiger partial charge in [0.15, 0.2) is 0 Å². The third kappa shape index (κ3) is 3.96. The molecule has 0 radical (unpaired) electrons. The van der Waals surface area contributed by atoms with Crippen LogP contribution in [0.25, 0.3) is 0 Å². The van der Waals surface area contributed by atoms with E-state index in [9.17, 15) is 0 Å². The highest BCUT2D eigenvalue weighted by Crippen LogP contribution is 2.26. The molecular formula is C16H32N2. The van der Waals surface area contributed by atoms with E-state index in [1.165, 1.54) is 71.1 Å². The van der Waals surface area contributed by atoms with Crippen LogP contribution in [-0.4, -0.2) is 37.1 Å². The lowest BCUT2D eigenvalue weighted by Crippen LogP contribution is -2.37. The van der Waals surface area contributed by atoms with Gasteiger partial charge in [-0.05, 0) is 70.1 Å². The van der Waals surface area contributed by atoms with Crippen molar-refractivity contribution in [3.63, 3.8) is 0 Å².